The van der Waals surface area contributed by atoms with Gasteiger partial charge in [0.15, 0.2) is 0 Å². The van der Waals surface area contributed by atoms with Gasteiger partial charge in [0.2, 0.25) is 11.8 Å². The molecule has 0 bridgehead atoms. The summed E-state index contributed by atoms with van der Waals surface area (Å²) in [5.41, 5.74) is -0.167. The molecule has 0 fully saturated rings. The van der Waals surface area contributed by atoms with Crippen LogP contribution in [0.25, 0.3) is 0 Å². The van der Waals surface area contributed by atoms with Crippen molar-refractivity contribution in [1.29, 1.82) is 0 Å². The van der Waals surface area contributed by atoms with E-state index in [-0.39, 0.29) is 0 Å². The normalized spacial score (nSPS) is 10.1. The van der Waals surface area contributed by atoms with E-state index in [0.29, 0.717) is 18.0 Å². The minimum atomic E-state index is -0.912. The summed E-state index contributed by atoms with van der Waals surface area (Å²) in [5.74, 6) is -2.81. The van der Waals surface area contributed by atoms with E-state index >= 15 is 0 Å². The van der Waals surface area contributed by atoms with E-state index < -0.39 is 35.6 Å². The minimum absolute atomic E-state index is 0.411. The molecule has 7 heteroatoms. The molecule has 0 spiro atoms. The van der Waals surface area contributed by atoms with Gasteiger partial charge in [-0.15, -0.1) is 0 Å². The number of ether oxygens (including phenoxy) is 1. The summed E-state index contributed by atoms with van der Waals surface area (Å²) in [4.78, 5) is 23.7. The number of amides is 2. The Labute approximate surface area is 137 Å². The van der Waals surface area contributed by atoms with Gasteiger partial charge in [-0.05, 0) is 31.2 Å². The van der Waals surface area contributed by atoms with Crippen LogP contribution in [-0.2, 0) is 9.59 Å². The summed E-state index contributed by atoms with van der Waals surface area (Å²) in [6, 6.07) is 9.94. The summed E-state index contributed by atoms with van der Waals surface area (Å²) in [6.07, 6.45) is -0.589. The summed E-state index contributed by atoms with van der Waals surface area (Å²) in [5, 5.41) is 4.58. The van der Waals surface area contributed by atoms with Crippen molar-refractivity contribution >= 4 is 23.2 Å². The Hall–Kier alpha value is -2.96. The highest BCUT2D eigenvalue weighted by Gasteiger charge is 2.16. The van der Waals surface area contributed by atoms with Gasteiger partial charge >= 0.3 is 0 Å². The zero-order chi connectivity index (χ0) is 17.5. The van der Waals surface area contributed by atoms with Crippen molar-refractivity contribution in [1.82, 2.24) is 0 Å². The molecule has 126 valence electrons. The van der Waals surface area contributed by atoms with Gasteiger partial charge in [-0.25, -0.2) is 8.78 Å². The maximum atomic E-state index is 13.5. The van der Waals surface area contributed by atoms with Crippen LogP contribution in [0.2, 0.25) is 0 Å². The number of hydrogen-bond acceptors (Lipinski definition) is 3. The van der Waals surface area contributed by atoms with Gasteiger partial charge in [0.05, 0.1) is 12.3 Å². The highest BCUT2D eigenvalue weighted by Crippen LogP contribution is 2.24. The molecule has 2 aromatic carbocycles. The molecule has 0 heterocycles. The van der Waals surface area contributed by atoms with Crippen LogP contribution in [0.15, 0.2) is 42.5 Å². The lowest BCUT2D eigenvalue weighted by Crippen LogP contribution is -2.22. The molecule has 2 rings (SSSR count). The largest absolute Gasteiger partial charge is 0.492 e. The summed E-state index contributed by atoms with van der Waals surface area (Å²) in [6.45, 7) is 2.22. The fourth-order valence-electron chi connectivity index (χ4n) is 1.99. The van der Waals surface area contributed by atoms with E-state index in [1.807, 2.05) is 0 Å². The first-order chi connectivity index (χ1) is 11.5. The smallest absolute Gasteiger partial charge is 0.233 e. The monoisotopic (exact) mass is 334 g/mol. The van der Waals surface area contributed by atoms with Crippen LogP contribution < -0.4 is 15.4 Å². The van der Waals surface area contributed by atoms with Crippen molar-refractivity contribution in [3.05, 3.63) is 54.1 Å². The van der Waals surface area contributed by atoms with Gasteiger partial charge in [-0.2, -0.15) is 0 Å². The van der Waals surface area contributed by atoms with Crippen LogP contribution in [0.4, 0.5) is 20.2 Å². The van der Waals surface area contributed by atoms with Crippen molar-refractivity contribution in [2.45, 2.75) is 13.3 Å². The number of para-hydroxylation sites is 3. The number of halogens is 2. The van der Waals surface area contributed by atoms with E-state index in [4.69, 9.17) is 4.74 Å². The standard InChI is InChI=1S/C17H16F2N2O3/c1-2-24-14-9-4-3-8-13(14)20-15(22)10-16(23)21-17-11(18)6-5-7-12(17)19/h3-9H,2,10H2,1H3,(H,20,22)(H,21,23). The SMILES string of the molecule is CCOc1ccccc1NC(=O)CC(=O)Nc1c(F)cccc1F. The third-order valence-electron chi connectivity index (χ3n) is 3.01. The fraction of sp³-hybridized carbons (Fsp3) is 0.176. The Morgan fingerprint density at radius 3 is 2.25 bits per heavy atom. The average molecular weight is 334 g/mol. The molecule has 0 atom stereocenters. The van der Waals surface area contributed by atoms with Crippen LogP contribution in [0.1, 0.15) is 13.3 Å². The van der Waals surface area contributed by atoms with Gasteiger partial charge in [0.25, 0.3) is 0 Å². The Morgan fingerprint density at radius 1 is 0.958 bits per heavy atom. The maximum Gasteiger partial charge on any atom is 0.233 e. The van der Waals surface area contributed by atoms with Crippen molar-refractivity contribution in [2.24, 2.45) is 0 Å². The molecule has 0 aromatic heterocycles. The molecule has 2 amide bonds. The van der Waals surface area contributed by atoms with Gasteiger partial charge in [0, 0.05) is 0 Å². The quantitative estimate of drug-likeness (QED) is 0.796. The number of rotatable bonds is 6. The van der Waals surface area contributed by atoms with Gasteiger partial charge in [-0.3, -0.25) is 9.59 Å². The first-order valence-corrected chi connectivity index (χ1v) is 7.26. The van der Waals surface area contributed by atoms with Crippen molar-refractivity contribution in [2.75, 3.05) is 17.2 Å². The second kappa shape index (κ2) is 8.05. The van der Waals surface area contributed by atoms with E-state index in [1.165, 1.54) is 6.07 Å². The lowest BCUT2D eigenvalue weighted by molar-refractivity contribution is -0.123. The van der Waals surface area contributed by atoms with Crippen molar-refractivity contribution in [3.8, 4) is 5.75 Å². The molecule has 5 nitrogen and oxygen atoms in total. The average Bonchev–Trinajstić information content (AvgIpc) is 2.53. The van der Waals surface area contributed by atoms with E-state index in [1.54, 1.807) is 31.2 Å². The van der Waals surface area contributed by atoms with E-state index in [0.717, 1.165) is 12.1 Å². The predicted octanol–water partition coefficient (Wildman–Crippen LogP) is 3.33. The molecule has 0 aliphatic heterocycles. The number of anilines is 2. The summed E-state index contributed by atoms with van der Waals surface area (Å²) in [7, 11) is 0. The predicted molar refractivity (Wildman–Crippen MR) is 85.8 cm³/mol. The number of carbonyl (C=O) groups excluding carboxylic acids is 2. The molecule has 2 N–H and O–H groups in total. The van der Waals surface area contributed by atoms with E-state index in [2.05, 4.69) is 10.6 Å². The molecule has 0 aliphatic rings. The zero-order valence-corrected chi connectivity index (χ0v) is 12.9. The summed E-state index contributed by atoms with van der Waals surface area (Å²) < 4.78 is 32.3. The second-order valence-corrected chi connectivity index (χ2v) is 4.80. The Morgan fingerprint density at radius 2 is 1.58 bits per heavy atom. The Balaban J connectivity index is 1.99. The van der Waals surface area contributed by atoms with Crippen LogP contribution in [0, 0.1) is 11.6 Å². The molecule has 0 saturated heterocycles. The lowest BCUT2D eigenvalue weighted by Gasteiger charge is -2.11. The Bertz CT molecular complexity index is 730. The number of nitrogens with one attached hydrogen (secondary N) is 2. The Kier molecular flexibility index (Phi) is 5.83. The molecule has 0 unspecified atom stereocenters. The molecule has 0 aliphatic carbocycles. The highest BCUT2D eigenvalue weighted by atomic mass is 19.1. The fourth-order valence-corrected chi connectivity index (χ4v) is 1.99. The third-order valence-corrected chi connectivity index (χ3v) is 3.01. The highest BCUT2D eigenvalue weighted by molar-refractivity contribution is 6.08. The zero-order valence-electron chi connectivity index (χ0n) is 12.9. The van der Waals surface area contributed by atoms with Crippen molar-refractivity contribution < 1.29 is 23.1 Å². The van der Waals surface area contributed by atoms with Gasteiger partial charge in [-0.1, -0.05) is 18.2 Å². The van der Waals surface area contributed by atoms with Crippen LogP contribution >= 0.6 is 0 Å². The van der Waals surface area contributed by atoms with Crippen molar-refractivity contribution in [3.63, 3.8) is 0 Å². The summed E-state index contributed by atoms with van der Waals surface area (Å²) >= 11 is 0. The minimum Gasteiger partial charge on any atom is -0.492 e. The third kappa shape index (κ3) is 4.52. The van der Waals surface area contributed by atoms with Gasteiger partial charge in [0.1, 0.15) is 29.5 Å². The molecular weight excluding hydrogens is 318 g/mol. The number of carbonyl (C=O) groups is 2. The molecule has 0 saturated carbocycles. The lowest BCUT2D eigenvalue weighted by atomic mass is 10.2. The molecule has 2 aromatic rings. The maximum absolute atomic E-state index is 13.5. The van der Waals surface area contributed by atoms with Crippen LogP contribution in [0.3, 0.4) is 0 Å². The van der Waals surface area contributed by atoms with E-state index in [9.17, 15) is 18.4 Å². The van der Waals surface area contributed by atoms with Crippen LogP contribution in [0.5, 0.6) is 5.75 Å². The van der Waals surface area contributed by atoms with Gasteiger partial charge < -0.3 is 15.4 Å². The molecular formula is C17H16F2N2O3. The topological polar surface area (TPSA) is 67.4 Å². The first-order valence-electron chi connectivity index (χ1n) is 7.26. The number of hydrogen-bond donors (Lipinski definition) is 2. The molecule has 0 radical (unpaired) electrons. The molecule has 24 heavy (non-hydrogen) atoms. The second-order valence-electron chi connectivity index (χ2n) is 4.80. The number of benzene rings is 2. The van der Waals surface area contributed by atoms with Crippen LogP contribution in [-0.4, -0.2) is 18.4 Å². The first kappa shape index (κ1) is 17.4.